The van der Waals surface area contributed by atoms with Crippen LogP contribution in [0.5, 0.6) is 0 Å². The van der Waals surface area contributed by atoms with Crippen LogP contribution >= 0.6 is 24.0 Å². The van der Waals surface area contributed by atoms with Gasteiger partial charge in [-0.2, -0.15) is 0 Å². The van der Waals surface area contributed by atoms with Crippen molar-refractivity contribution in [3.63, 3.8) is 0 Å². The minimum absolute atomic E-state index is 0. The fourth-order valence-electron chi connectivity index (χ4n) is 3.38. The smallest absolute Gasteiger partial charge is 0.253 e. The topological polar surface area (TPSA) is 83.1 Å². The van der Waals surface area contributed by atoms with Gasteiger partial charge in [-0.15, -0.1) is 12.4 Å². The Morgan fingerprint density at radius 2 is 1.93 bits per heavy atom. The molecule has 1 aromatic heterocycles. The van der Waals surface area contributed by atoms with E-state index in [0.29, 0.717) is 24.7 Å². The van der Waals surface area contributed by atoms with E-state index in [2.05, 4.69) is 40.8 Å². The average Bonchev–Trinajstić information content (AvgIpc) is 2.62. The molecule has 2 heterocycles. The van der Waals surface area contributed by atoms with E-state index in [1.54, 1.807) is 0 Å². The Labute approximate surface area is 175 Å². The largest absolute Gasteiger partial charge is 0.355 e. The normalized spacial score (nSPS) is 14.6. The van der Waals surface area contributed by atoms with Crippen molar-refractivity contribution in [1.82, 2.24) is 15.6 Å². The Kier molecular flexibility index (Phi) is 7.04. The Balaban J connectivity index is 0.00000280. The molecule has 1 saturated heterocycles. The van der Waals surface area contributed by atoms with Crippen LogP contribution < -0.4 is 16.0 Å². The van der Waals surface area contributed by atoms with Crippen molar-refractivity contribution in [2.24, 2.45) is 0 Å². The summed E-state index contributed by atoms with van der Waals surface area (Å²) in [5.74, 6) is -0.202. The number of hydrogen-bond acceptors (Lipinski definition) is 4. The molecule has 3 rings (SSSR count). The quantitative estimate of drug-likeness (QED) is 0.646. The van der Waals surface area contributed by atoms with Gasteiger partial charge in [0.2, 0.25) is 5.91 Å². The summed E-state index contributed by atoms with van der Waals surface area (Å²) in [6.07, 6.45) is 1.42. The van der Waals surface area contributed by atoms with Crippen LogP contribution in [0.4, 0.5) is 5.69 Å². The van der Waals surface area contributed by atoms with Crippen LogP contribution in [0, 0.1) is 0 Å². The van der Waals surface area contributed by atoms with Gasteiger partial charge >= 0.3 is 0 Å². The number of rotatable bonds is 5. The molecule has 0 bridgehead atoms. The molecule has 2 amide bonds. The number of nitrogens with one attached hydrogen (secondary N) is 3. The first-order valence-corrected chi connectivity index (χ1v) is 9.26. The summed E-state index contributed by atoms with van der Waals surface area (Å²) in [7, 11) is 1.53. The molecule has 0 saturated carbocycles. The third-order valence-electron chi connectivity index (χ3n) is 4.98. The lowest BCUT2D eigenvalue weighted by atomic mass is 9.71. The second-order valence-corrected chi connectivity index (χ2v) is 7.40. The van der Waals surface area contributed by atoms with Crippen molar-refractivity contribution in [3.05, 3.63) is 58.4 Å². The molecular weight excluding hydrogens is 399 g/mol. The van der Waals surface area contributed by atoms with Gasteiger partial charge in [0.15, 0.2) is 0 Å². The van der Waals surface area contributed by atoms with Crippen LogP contribution in [-0.4, -0.2) is 36.9 Å². The summed E-state index contributed by atoms with van der Waals surface area (Å²) in [6, 6.07) is 9.46. The lowest BCUT2D eigenvalue weighted by Gasteiger charge is -2.43. The Bertz CT molecular complexity index is 882. The monoisotopic (exact) mass is 422 g/mol. The van der Waals surface area contributed by atoms with Gasteiger partial charge in [0.05, 0.1) is 22.9 Å². The summed E-state index contributed by atoms with van der Waals surface area (Å²) in [4.78, 5) is 29.5. The van der Waals surface area contributed by atoms with Crippen LogP contribution in [0.15, 0.2) is 36.5 Å². The van der Waals surface area contributed by atoms with E-state index in [1.165, 1.54) is 19.3 Å². The van der Waals surface area contributed by atoms with E-state index in [0.717, 1.165) is 11.1 Å². The minimum Gasteiger partial charge on any atom is -0.355 e. The zero-order chi connectivity index (χ0) is 19.6. The molecule has 0 atom stereocenters. The first kappa shape index (κ1) is 22.1. The summed E-state index contributed by atoms with van der Waals surface area (Å²) >= 11 is 5.92. The van der Waals surface area contributed by atoms with Crippen molar-refractivity contribution in [2.75, 3.05) is 25.5 Å². The Hall–Kier alpha value is -2.15. The maximum absolute atomic E-state index is 13.3. The SMILES string of the molecule is CNC(=O)c1cc(Cl)ncc1NC(=O)C1(c2ccccc2C(C)C)CNC1.Cl. The predicted octanol–water partition coefficient (Wildman–Crippen LogP) is 3.12. The van der Waals surface area contributed by atoms with Gasteiger partial charge in [0, 0.05) is 20.1 Å². The van der Waals surface area contributed by atoms with E-state index < -0.39 is 5.41 Å². The van der Waals surface area contributed by atoms with E-state index in [9.17, 15) is 9.59 Å². The van der Waals surface area contributed by atoms with Crippen molar-refractivity contribution in [3.8, 4) is 0 Å². The summed E-state index contributed by atoms with van der Waals surface area (Å²) < 4.78 is 0. The van der Waals surface area contributed by atoms with E-state index in [4.69, 9.17) is 11.6 Å². The van der Waals surface area contributed by atoms with Crippen molar-refractivity contribution in [1.29, 1.82) is 0 Å². The zero-order valence-corrected chi connectivity index (χ0v) is 17.6. The third-order valence-corrected chi connectivity index (χ3v) is 5.18. The summed E-state index contributed by atoms with van der Waals surface area (Å²) in [5.41, 5.74) is 2.11. The number of hydrogen-bond donors (Lipinski definition) is 3. The van der Waals surface area contributed by atoms with Gasteiger partial charge < -0.3 is 16.0 Å². The number of carbonyl (C=O) groups is 2. The first-order chi connectivity index (χ1) is 12.9. The highest BCUT2D eigenvalue weighted by Crippen LogP contribution is 2.36. The first-order valence-electron chi connectivity index (χ1n) is 8.88. The highest BCUT2D eigenvalue weighted by Gasteiger charge is 2.47. The Morgan fingerprint density at radius 1 is 1.25 bits per heavy atom. The number of nitrogens with zero attached hydrogens (tertiary/aromatic N) is 1. The van der Waals surface area contributed by atoms with Crippen molar-refractivity contribution in [2.45, 2.75) is 25.2 Å². The molecule has 1 fully saturated rings. The van der Waals surface area contributed by atoms with Crippen LogP contribution in [0.25, 0.3) is 0 Å². The van der Waals surface area contributed by atoms with Crippen LogP contribution in [-0.2, 0) is 10.2 Å². The number of halogens is 2. The van der Waals surface area contributed by atoms with E-state index >= 15 is 0 Å². The fourth-order valence-corrected chi connectivity index (χ4v) is 3.54. The molecule has 0 radical (unpaired) electrons. The molecule has 6 nitrogen and oxygen atoms in total. The molecule has 150 valence electrons. The number of anilines is 1. The summed E-state index contributed by atoms with van der Waals surface area (Å²) in [6.45, 7) is 5.31. The molecule has 8 heteroatoms. The maximum Gasteiger partial charge on any atom is 0.253 e. The molecule has 2 aromatic rings. The zero-order valence-electron chi connectivity index (χ0n) is 16.0. The van der Waals surface area contributed by atoms with E-state index in [1.807, 2.05) is 18.2 Å². The van der Waals surface area contributed by atoms with Crippen LogP contribution in [0.1, 0.15) is 41.3 Å². The number of benzene rings is 1. The maximum atomic E-state index is 13.3. The number of amides is 2. The molecule has 0 aliphatic carbocycles. The minimum atomic E-state index is -0.680. The lowest BCUT2D eigenvalue weighted by molar-refractivity contribution is -0.123. The Morgan fingerprint density at radius 3 is 2.50 bits per heavy atom. The van der Waals surface area contributed by atoms with Gasteiger partial charge in [0.25, 0.3) is 5.91 Å². The molecule has 0 spiro atoms. The fraction of sp³-hybridized carbons (Fsp3) is 0.350. The molecule has 1 aromatic carbocycles. The van der Waals surface area contributed by atoms with Crippen LogP contribution in [0.3, 0.4) is 0 Å². The molecule has 1 aliphatic heterocycles. The average molecular weight is 423 g/mol. The van der Waals surface area contributed by atoms with Gasteiger partial charge in [0.1, 0.15) is 5.15 Å². The van der Waals surface area contributed by atoms with Crippen LogP contribution in [0.2, 0.25) is 5.15 Å². The second-order valence-electron chi connectivity index (χ2n) is 7.01. The third kappa shape index (κ3) is 3.99. The second kappa shape index (κ2) is 8.90. The lowest BCUT2D eigenvalue weighted by Crippen LogP contribution is -2.63. The van der Waals surface area contributed by atoms with Gasteiger partial charge in [-0.1, -0.05) is 49.7 Å². The standard InChI is InChI=1S/C20H23ClN4O2.ClH/c1-12(2)13-6-4-5-7-15(13)20(10-23-11-20)19(27)25-16-9-24-17(21)8-14(16)18(26)22-3;/h4-9,12,23H,10-11H2,1-3H3,(H,22,26)(H,25,27);1H. The molecular formula is C20H24Cl2N4O2. The number of carbonyl (C=O) groups excluding carboxylic acids is 2. The van der Waals surface area contributed by atoms with Crippen molar-refractivity contribution >= 4 is 41.5 Å². The van der Waals surface area contributed by atoms with Crippen molar-refractivity contribution < 1.29 is 9.59 Å². The molecule has 1 aliphatic rings. The van der Waals surface area contributed by atoms with Gasteiger partial charge in [-0.3, -0.25) is 9.59 Å². The summed E-state index contributed by atoms with van der Waals surface area (Å²) in [5, 5.41) is 8.86. The highest BCUT2D eigenvalue weighted by molar-refractivity contribution is 6.30. The van der Waals surface area contributed by atoms with Gasteiger partial charge in [-0.05, 0) is 23.1 Å². The molecule has 28 heavy (non-hydrogen) atoms. The molecule has 0 unspecified atom stereocenters. The van der Waals surface area contributed by atoms with E-state index in [-0.39, 0.29) is 34.9 Å². The molecule has 3 N–H and O–H groups in total. The highest BCUT2D eigenvalue weighted by atomic mass is 35.5. The van der Waals surface area contributed by atoms with Gasteiger partial charge in [-0.25, -0.2) is 4.98 Å². The number of pyridine rings is 1. The predicted molar refractivity (Wildman–Crippen MR) is 114 cm³/mol. The number of aromatic nitrogens is 1.